The van der Waals surface area contributed by atoms with Crippen LogP contribution < -0.4 is 5.32 Å². The first-order chi connectivity index (χ1) is 14.1. The van der Waals surface area contributed by atoms with Crippen LogP contribution in [0.15, 0.2) is 22.7 Å². The van der Waals surface area contributed by atoms with Gasteiger partial charge in [-0.2, -0.15) is 0 Å². The van der Waals surface area contributed by atoms with Gasteiger partial charge < -0.3 is 15.1 Å². The van der Waals surface area contributed by atoms with Crippen LogP contribution in [0.25, 0.3) is 0 Å². The summed E-state index contributed by atoms with van der Waals surface area (Å²) in [5.74, 6) is 0.712. The largest absolute Gasteiger partial charge is 0.334 e. The van der Waals surface area contributed by atoms with Crippen molar-refractivity contribution in [2.24, 2.45) is 5.92 Å². The van der Waals surface area contributed by atoms with Crippen LogP contribution in [-0.4, -0.2) is 54.1 Å². The van der Waals surface area contributed by atoms with E-state index in [1.54, 1.807) is 0 Å². The molecule has 1 aliphatic carbocycles. The maximum Gasteiger partial charge on any atom is 0.317 e. The highest BCUT2D eigenvalue weighted by molar-refractivity contribution is 9.10. The van der Waals surface area contributed by atoms with Gasteiger partial charge in [-0.1, -0.05) is 46.8 Å². The maximum absolute atomic E-state index is 12.6. The molecule has 2 aliphatic heterocycles. The lowest BCUT2D eigenvalue weighted by atomic mass is 9.90. The van der Waals surface area contributed by atoms with Crippen LogP contribution in [0.1, 0.15) is 56.9 Å². The first kappa shape index (κ1) is 21.5. The number of halogens is 2. The second kappa shape index (κ2) is 10.0. The van der Waals surface area contributed by atoms with Crippen molar-refractivity contribution in [3.05, 3.63) is 33.3 Å². The van der Waals surface area contributed by atoms with Crippen molar-refractivity contribution in [1.29, 1.82) is 0 Å². The molecular formula is C23H33BrClN3O. The lowest BCUT2D eigenvalue weighted by molar-refractivity contribution is 0.113. The molecule has 0 aromatic heterocycles. The summed E-state index contributed by atoms with van der Waals surface area (Å²) < 4.78 is 1.16. The number of nitrogens with one attached hydrogen (secondary N) is 1. The molecule has 0 radical (unpaired) electrons. The second-order valence-corrected chi connectivity index (χ2v) is 10.4. The van der Waals surface area contributed by atoms with Crippen LogP contribution in [0.2, 0.25) is 5.02 Å². The molecule has 1 atom stereocenters. The number of rotatable bonds is 5. The van der Waals surface area contributed by atoms with Crippen LogP contribution in [-0.2, 0) is 6.42 Å². The monoisotopic (exact) mass is 481 g/mol. The number of carbonyl (C=O) groups is 1. The summed E-state index contributed by atoms with van der Waals surface area (Å²) in [5.41, 5.74) is 1.32. The highest BCUT2D eigenvalue weighted by Gasteiger charge is 2.32. The van der Waals surface area contributed by atoms with Crippen molar-refractivity contribution in [2.45, 2.75) is 69.9 Å². The van der Waals surface area contributed by atoms with Crippen molar-refractivity contribution in [2.75, 3.05) is 26.2 Å². The van der Waals surface area contributed by atoms with Gasteiger partial charge in [0, 0.05) is 34.7 Å². The molecule has 0 spiro atoms. The predicted molar refractivity (Wildman–Crippen MR) is 123 cm³/mol. The molecule has 3 aliphatic rings. The Kier molecular flexibility index (Phi) is 7.41. The number of likely N-dealkylation sites (tertiary alicyclic amines) is 1. The normalized spacial score (nSPS) is 25.2. The van der Waals surface area contributed by atoms with Crippen LogP contribution in [0.3, 0.4) is 0 Å². The second-order valence-electron chi connectivity index (χ2n) is 9.10. The fourth-order valence-electron chi connectivity index (χ4n) is 5.30. The van der Waals surface area contributed by atoms with E-state index in [2.05, 4.69) is 43.2 Å². The van der Waals surface area contributed by atoms with Gasteiger partial charge in [0.15, 0.2) is 0 Å². The number of hydrogen-bond acceptors (Lipinski definition) is 2. The van der Waals surface area contributed by atoms with Crippen molar-refractivity contribution < 1.29 is 4.79 Å². The molecule has 1 aromatic rings. The molecule has 2 heterocycles. The molecule has 1 N–H and O–H groups in total. The molecule has 2 amide bonds. The Morgan fingerprint density at radius 1 is 1.03 bits per heavy atom. The summed E-state index contributed by atoms with van der Waals surface area (Å²) in [6, 6.07) is 7.04. The van der Waals surface area contributed by atoms with Gasteiger partial charge in [-0.25, -0.2) is 4.79 Å². The third-order valence-electron chi connectivity index (χ3n) is 7.02. The Balaban J connectivity index is 1.21. The first-order valence-electron chi connectivity index (χ1n) is 11.3. The van der Waals surface area contributed by atoms with Gasteiger partial charge in [0.25, 0.3) is 0 Å². The van der Waals surface area contributed by atoms with E-state index in [4.69, 9.17) is 11.6 Å². The Morgan fingerprint density at radius 3 is 2.52 bits per heavy atom. The van der Waals surface area contributed by atoms with Gasteiger partial charge in [0.2, 0.25) is 0 Å². The van der Waals surface area contributed by atoms with Gasteiger partial charge in [-0.05, 0) is 81.3 Å². The SMILES string of the molecule is O=C1NC(CN2CCC(Cc3cc(Cl)ccc3Br)CC2)CCN1C1CCCCC1. The van der Waals surface area contributed by atoms with E-state index in [-0.39, 0.29) is 6.03 Å². The molecule has 4 rings (SSSR count). The maximum atomic E-state index is 12.6. The molecule has 0 bridgehead atoms. The average Bonchev–Trinajstić information content (AvgIpc) is 2.73. The summed E-state index contributed by atoms with van der Waals surface area (Å²) in [5, 5.41) is 4.12. The van der Waals surface area contributed by atoms with Gasteiger partial charge in [-0.15, -0.1) is 0 Å². The molecule has 2 saturated heterocycles. The van der Waals surface area contributed by atoms with E-state index in [1.807, 2.05) is 6.07 Å². The van der Waals surface area contributed by atoms with Gasteiger partial charge >= 0.3 is 6.03 Å². The molecule has 3 fully saturated rings. The number of urea groups is 1. The van der Waals surface area contributed by atoms with Crippen molar-refractivity contribution in [3.63, 3.8) is 0 Å². The van der Waals surface area contributed by atoms with Gasteiger partial charge in [0.05, 0.1) is 0 Å². The zero-order chi connectivity index (χ0) is 20.2. The third-order valence-corrected chi connectivity index (χ3v) is 8.03. The standard InChI is InChI=1S/C23H33BrClN3O/c24-22-7-6-19(25)15-18(22)14-17-8-11-27(12-9-17)16-20-10-13-28(23(29)26-20)21-4-2-1-3-5-21/h6-7,15,17,20-21H,1-5,8-14,16H2,(H,26,29). The molecule has 1 saturated carbocycles. The van der Waals surface area contributed by atoms with Crippen molar-refractivity contribution >= 4 is 33.6 Å². The van der Waals surface area contributed by atoms with Crippen LogP contribution >= 0.6 is 27.5 Å². The zero-order valence-corrected chi connectivity index (χ0v) is 19.6. The zero-order valence-electron chi connectivity index (χ0n) is 17.2. The number of nitrogens with zero attached hydrogens (tertiary/aromatic N) is 2. The summed E-state index contributed by atoms with van der Waals surface area (Å²) >= 11 is 9.83. The lowest BCUT2D eigenvalue weighted by Crippen LogP contribution is -2.58. The quantitative estimate of drug-likeness (QED) is 0.604. The van der Waals surface area contributed by atoms with E-state index in [1.165, 1.54) is 50.5 Å². The summed E-state index contributed by atoms with van der Waals surface area (Å²) in [7, 11) is 0. The summed E-state index contributed by atoms with van der Waals surface area (Å²) in [6.45, 7) is 4.18. The van der Waals surface area contributed by atoms with Crippen molar-refractivity contribution in [3.8, 4) is 0 Å². The predicted octanol–water partition coefficient (Wildman–Crippen LogP) is 5.47. The molecule has 29 heavy (non-hydrogen) atoms. The molecule has 160 valence electrons. The Morgan fingerprint density at radius 2 is 1.79 bits per heavy atom. The molecule has 4 nitrogen and oxygen atoms in total. The Hall–Kier alpha value is -0.780. The van der Waals surface area contributed by atoms with Crippen LogP contribution in [0.5, 0.6) is 0 Å². The van der Waals surface area contributed by atoms with E-state index in [9.17, 15) is 4.79 Å². The number of carbonyl (C=O) groups excluding carboxylic acids is 1. The minimum absolute atomic E-state index is 0.175. The summed E-state index contributed by atoms with van der Waals surface area (Å²) in [6.07, 6.45) is 10.9. The van der Waals surface area contributed by atoms with Crippen LogP contribution in [0, 0.1) is 5.92 Å². The topological polar surface area (TPSA) is 35.6 Å². The summed E-state index contributed by atoms with van der Waals surface area (Å²) in [4.78, 5) is 17.3. The third kappa shape index (κ3) is 5.68. The number of benzene rings is 1. The number of hydrogen-bond donors (Lipinski definition) is 1. The van der Waals surface area contributed by atoms with E-state index in [0.717, 1.165) is 48.5 Å². The minimum atomic E-state index is 0.175. The van der Waals surface area contributed by atoms with Crippen molar-refractivity contribution in [1.82, 2.24) is 15.1 Å². The molecular weight excluding hydrogens is 450 g/mol. The van der Waals surface area contributed by atoms with E-state index < -0.39 is 0 Å². The average molecular weight is 483 g/mol. The van der Waals surface area contributed by atoms with Crippen LogP contribution in [0.4, 0.5) is 4.79 Å². The van der Waals surface area contributed by atoms with E-state index >= 15 is 0 Å². The molecule has 1 unspecified atom stereocenters. The van der Waals surface area contributed by atoms with Gasteiger partial charge in [0.1, 0.15) is 0 Å². The highest BCUT2D eigenvalue weighted by Crippen LogP contribution is 2.29. The first-order valence-corrected chi connectivity index (χ1v) is 12.5. The van der Waals surface area contributed by atoms with E-state index in [0.29, 0.717) is 18.0 Å². The molecule has 1 aromatic carbocycles. The van der Waals surface area contributed by atoms with Gasteiger partial charge in [-0.3, -0.25) is 0 Å². The fourth-order valence-corrected chi connectivity index (χ4v) is 5.90. The fraction of sp³-hybridized carbons (Fsp3) is 0.696. The highest BCUT2D eigenvalue weighted by atomic mass is 79.9. The lowest BCUT2D eigenvalue weighted by Gasteiger charge is -2.41. The smallest absolute Gasteiger partial charge is 0.317 e. The molecule has 6 heteroatoms. The number of piperidine rings is 1. The minimum Gasteiger partial charge on any atom is -0.334 e. The number of amides is 2. The Labute approximate surface area is 188 Å². The Bertz CT molecular complexity index is 701.